The molecule has 0 radical (unpaired) electrons. The third-order valence-corrected chi connectivity index (χ3v) is 6.60. The maximum Gasteiger partial charge on any atom is 0.251 e. The average Bonchev–Trinajstić information content (AvgIpc) is 3.38. The lowest BCUT2D eigenvalue weighted by Gasteiger charge is -2.31. The summed E-state index contributed by atoms with van der Waals surface area (Å²) in [5.41, 5.74) is 5.13. The molecule has 0 spiro atoms. The first-order chi connectivity index (χ1) is 17.5. The lowest BCUT2D eigenvalue weighted by Crippen LogP contribution is -2.35. The lowest BCUT2D eigenvalue weighted by atomic mass is 10.0. The third kappa shape index (κ3) is 5.01. The quantitative estimate of drug-likeness (QED) is 0.471. The number of aliphatic imine (C=N–C) groups is 1. The first-order valence-electron chi connectivity index (χ1n) is 12.1. The molecule has 1 saturated heterocycles. The topological polar surface area (TPSA) is 112 Å². The number of nitrogens with one attached hydrogen (secondary N) is 2. The number of ether oxygens (including phenoxy) is 1. The Kier molecular flexibility index (Phi) is 6.81. The smallest absolute Gasteiger partial charge is 0.251 e. The Morgan fingerprint density at radius 2 is 2.00 bits per heavy atom. The first kappa shape index (κ1) is 23.7. The van der Waals surface area contributed by atoms with Gasteiger partial charge in [-0.15, -0.1) is 0 Å². The summed E-state index contributed by atoms with van der Waals surface area (Å²) in [6, 6.07) is 13.5. The van der Waals surface area contributed by atoms with Crippen LogP contribution in [0.2, 0.25) is 0 Å². The van der Waals surface area contributed by atoms with Crippen molar-refractivity contribution in [3.63, 3.8) is 0 Å². The molecule has 3 N–H and O–H groups in total. The van der Waals surface area contributed by atoms with Gasteiger partial charge in [0, 0.05) is 61.3 Å². The van der Waals surface area contributed by atoms with Crippen molar-refractivity contribution in [2.75, 3.05) is 37.5 Å². The number of methoxy groups -OCH3 is 1. The van der Waals surface area contributed by atoms with Gasteiger partial charge in [0.25, 0.3) is 5.91 Å². The molecule has 1 amide bonds. The molecule has 1 fully saturated rings. The molecule has 5 rings (SSSR count). The van der Waals surface area contributed by atoms with Gasteiger partial charge in [0.15, 0.2) is 0 Å². The van der Waals surface area contributed by atoms with Gasteiger partial charge in [-0.25, -0.2) is 9.97 Å². The van der Waals surface area contributed by atoms with E-state index in [9.17, 15) is 9.90 Å². The predicted octanol–water partition coefficient (Wildman–Crippen LogP) is 3.07. The average molecular weight is 487 g/mol. The number of carbonyl (C=O) groups excluding carboxylic acids is 1. The Morgan fingerprint density at radius 1 is 1.17 bits per heavy atom. The largest absolute Gasteiger partial charge is 0.496 e. The molecule has 1 aromatic heterocycles. The van der Waals surface area contributed by atoms with Gasteiger partial charge in [-0.2, -0.15) is 0 Å². The second-order valence-electron chi connectivity index (χ2n) is 8.99. The minimum atomic E-state index is -0.211. The third-order valence-electron chi connectivity index (χ3n) is 6.60. The van der Waals surface area contributed by atoms with Crippen LogP contribution in [0.4, 0.5) is 17.2 Å². The van der Waals surface area contributed by atoms with Gasteiger partial charge < -0.3 is 25.4 Å². The molecule has 9 heteroatoms. The Balaban J connectivity index is 1.40. The molecule has 186 valence electrons. The number of hydrogen-bond acceptors (Lipinski definition) is 8. The molecule has 2 aliphatic rings. The first-order valence-corrected chi connectivity index (χ1v) is 12.1. The van der Waals surface area contributed by atoms with E-state index in [-0.39, 0.29) is 12.0 Å². The van der Waals surface area contributed by atoms with E-state index >= 15 is 0 Å². The highest BCUT2D eigenvalue weighted by atomic mass is 16.5. The van der Waals surface area contributed by atoms with Gasteiger partial charge in [-0.1, -0.05) is 12.1 Å². The molecule has 0 aliphatic carbocycles. The summed E-state index contributed by atoms with van der Waals surface area (Å²) in [5.74, 6) is 1.96. The van der Waals surface area contributed by atoms with Gasteiger partial charge in [0.1, 0.15) is 17.4 Å². The van der Waals surface area contributed by atoms with Crippen LogP contribution in [0.1, 0.15) is 45.8 Å². The van der Waals surface area contributed by atoms with Crippen LogP contribution in [0, 0.1) is 0 Å². The van der Waals surface area contributed by atoms with Crippen LogP contribution in [0.15, 0.2) is 47.5 Å². The second-order valence-corrected chi connectivity index (χ2v) is 8.99. The van der Waals surface area contributed by atoms with Crippen molar-refractivity contribution >= 4 is 29.3 Å². The van der Waals surface area contributed by atoms with Gasteiger partial charge in [-0.3, -0.25) is 9.79 Å². The summed E-state index contributed by atoms with van der Waals surface area (Å²) in [6.45, 7) is 2.16. The van der Waals surface area contributed by atoms with Crippen molar-refractivity contribution in [2.24, 2.45) is 4.99 Å². The van der Waals surface area contributed by atoms with Crippen LogP contribution >= 0.6 is 0 Å². The maximum atomic E-state index is 12.1. The normalized spacial score (nSPS) is 15.0. The van der Waals surface area contributed by atoms with Gasteiger partial charge >= 0.3 is 0 Å². The number of carbonyl (C=O) groups is 1. The molecule has 0 bridgehead atoms. The van der Waals surface area contributed by atoms with E-state index in [2.05, 4.69) is 32.7 Å². The van der Waals surface area contributed by atoms with Crippen LogP contribution in [-0.2, 0) is 13.0 Å². The number of hydrogen-bond donors (Lipinski definition) is 3. The van der Waals surface area contributed by atoms with Crippen LogP contribution in [0.5, 0.6) is 5.75 Å². The molecular formula is C27H30N6O3. The number of aliphatic hydroxyl groups is 1. The van der Waals surface area contributed by atoms with E-state index in [1.165, 1.54) is 0 Å². The monoisotopic (exact) mass is 486 g/mol. The number of amides is 1. The van der Waals surface area contributed by atoms with Gasteiger partial charge in [0.2, 0.25) is 0 Å². The zero-order chi connectivity index (χ0) is 25.1. The molecule has 3 heterocycles. The summed E-state index contributed by atoms with van der Waals surface area (Å²) in [5, 5.41) is 15.8. The van der Waals surface area contributed by atoms with Crippen LogP contribution in [-0.4, -0.2) is 60.5 Å². The number of aromatic nitrogens is 2. The number of fused-ring (bicyclic) bond motifs is 1. The number of benzene rings is 2. The predicted molar refractivity (Wildman–Crippen MR) is 140 cm³/mol. The van der Waals surface area contributed by atoms with E-state index in [0.717, 1.165) is 59.9 Å². The van der Waals surface area contributed by atoms with Crippen molar-refractivity contribution < 1.29 is 14.6 Å². The van der Waals surface area contributed by atoms with E-state index in [4.69, 9.17) is 14.7 Å². The Morgan fingerprint density at radius 3 is 2.78 bits per heavy atom. The number of aliphatic hydroxyl groups excluding tert-OH is 1. The molecule has 0 saturated carbocycles. The van der Waals surface area contributed by atoms with E-state index in [1.54, 1.807) is 32.5 Å². The number of nitrogens with zero attached hydrogens (tertiary/aromatic N) is 4. The summed E-state index contributed by atoms with van der Waals surface area (Å²) < 4.78 is 5.73. The number of piperidine rings is 1. The van der Waals surface area contributed by atoms with Gasteiger partial charge in [0.05, 0.1) is 31.0 Å². The minimum Gasteiger partial charge on any atom is -0.496 e. The Hall–Kier alpha value is -3.98. The fourth-order valence-corrected chi connectivity index (χ4v) is 4.61. The zero-order valence-electron chi connectivity index (χ0n) is 20.5. The second kappa shape index (κ2) is 10.3. The van der Waals surface area contributed by atoms with Gasteiger partial charge in [-0.05, 0) is 37.1 Å². The van der Waals surface area contributed by atoms with E-state index in [1.807, 2.05) is 18.2 Å². The van der Waals surface area contributed by atoms with E-state index in [0.29, 0.717) is 30.2 Å². The maximum absolute atomic E-state index is 12.1. The van der Waals surface area contributed by atoms with Crippen LogP contribution in [0.3, 0.4) is 0 Å². The highest BCUT2D eigenvalue weighted by Gasteiger charge is 2.20. The van der Waals surface area contributed by atoms with Crippen molar-refractivity contribution in [2.45, 2.75) is 31.9 Å². The summed E-state index contributed by atoms with van der Waals surface area (Å²) >= 11 is 0. The summed E-state index contributed by atoms with van der Waals surface area (Å²) in [6.07, 6.45) is 3.63. The van der Waals surface area contributed by atoms with Crippen molar-refractivity contribution in [3.8, 4) is 5.75 Å². The molecule has 0 atom stereocenters. The highest BCUT2D eigenvalue weighted by molar-refractivity contribution is 5.95. The fourth-order valence-electron chi connectivity index (χ4n) is 4.61. The van der Waals surface area contributed by atoms with Crippen molar-refractivity contribution in [1.29, 1.82) is 0 Å². The Labute approximate surface area is 210 Å². The molecule has 2 aliphatic heterocycles. The van der Waals surface area contributed by atoms with Crippen LogP contribution < -0.4 is 20.3 Å². The van der Waals surface area contributed by atoms with Crippen molar-refractivity contribution in [3.05, 3.63) is 70.7 Å². The molecular weight excluding hydrogens is 456 g/mol. The SMILES string of the molecule is CNC(=O)c1cccc(Nc2nc(Cc3ccc(N4CCC(O)CC4)cc3OC)nc3c2C=NC3)c1. The number of anilines is 3. The zero-order valence-corrected chi connectivity index (χ0v) is 20.5. The molecule has 3 aromatic rings. The molecule has 36 heavy (non-hydrogen) atoms. The van der Waals surface area contributed by atoms with Crippen molar-refractivity contribution in [1.82, 2.24) is 15.3 Å². The highest BCUT2D eigenvalue weighted by Crippen LogP contribution is 2.30. The lowest BCUT2D eigenvalue weighted by molar-refractivity contribution is 0.0963. The molecule has 2 aromatic carbocycles. The van der Waals surface area contributed by atoms with Crippen LogP contribution in [0.25, 0.3) is 0 Å². The molecule has 0 unspecified atom stereocenters. The Bertz CT molecular complexity index is 1300. The van der Waals surface area contributed by atoms with E-state index < -0.39 is 0 Å². The standard InChI is InChI=1S/C27H30N6O3/c1-28-27(35)18-4-3-5-19(12-18)30-26-22-15-29-16-23(22)31-25(32-26)13-17-6-7-20(14-24(17)36-2)33-10-8-21(34)9-11-33/h3-7,12,14-15,21,34H,8-11,13,16H2,1-2H3,(H,28,35)(H,30,31,32). The minimum absolute atomic E-state index is 0.148. The fraction of sp³-hybridized carbons (Fsp3) is 0.333. The number of rotatable bonds is 7. The molecule has 9 nitrogen and oxygen atoms in total. The summed E-state index contributed by atoms with van der Waals surface area (Å²) in [4.78, 5) is 28.3. The summed E-state index contributed by atoms with van der Waals surface area (Å²) in [7, 11) is 3.28.